The van der Waals surface area contributed by atoms with Crippen molar-refractivity contribution in [2.24, 2.45) is 0 Å². The lowest BCUT2D eigenvalue weighted by Gasteiger charge is -2.12. The minimum Gasteiger partial charge on any atom is -0.351 e. The first kappa shape index (κ1) is 17.4. The summed E-state index contributed by atoms with van der Waals surface area (Å²) < 4.78 is 13.5. The molecule has 23 heavy (non-hydrogen) atoms. The van der Waals surface area contributed by atoms with Crippen LogP contribution in [0.4, 0.5) is 4.39 Å². The molecule has 1 atom stereocenters. The zero-order valence-corrected chi connectivity index (χ0v) is 13.8. The predicted molar refractivity (Wildman–Crippen MR) is 89.8 cm³/mol. The Hall–Kier alpha value is -1.91. The lowest BCUT2D eigenvalue weighted by molar-refractivity contribution is -0.682. The highest BCUT2D eigenvalue weighted by atomic mass is 35.5. The van der Waals surface area contributed by atoms with E-state index < -0.39 is 0 Å². The van der Waals surface area contributed by atoms with Crippen molar-refractivity contribution in [3.8, 4) is 0 Å². The topological polar surface area (TPSA) is 45.7 Å². The third-order valence-corrected chi connectivity index (χ3v) is 4.07. The Labute approximate surface area is 140 Å². The van der Waals surface area contributed by atoms with E-state index in [0.717, 1.165) is 5.56 Å². The van der Waals surface area contributed by atoms with Crippen molar-refractivity contribution in [3.63, 3.8) is 0 Å². The van der Waals surface area contributed by atoms with Crippen LogP contribution in [0.1, 0.15) is 24.1 Å². The summed E-state index contributed by atoms with van der Waals surface area (Å²) in [6.45, 7) is 2.74. The first-order chi connectivity index (χ1) is 11.1. The van der Waals surface area contributed by atoms with E-state index in [1.54, 1.807) is 18.2 Å². The smallest absolute Gasteiger partial charge is 0.275 e. The molecule has 0 unspecified atom stereocenters. The molecule has 0 saturated carbocycles. The van der Waals surface area contributed by atoms with Crippen LogP contribution in [-0.2, 0) is 11.2 Å². The average Bonchev–Trinajstić information content (AvgIpc) is 2.55. The molecule has 0 heterocycles. The van der Waals surface area contributed by atoms with Crippen molar-refractivity contribution in [1.82, 2.24) is 5.32 Å². The molecule has 1 amide bonds. The lowest BCUT2D eigenvalue weighted by Crippen LogP contribution is -2.87. The second-order valence-electron chi connectivity index (χ2n) is 5.44. The van der Waals surface area contributed by atoms with Crippen LogP contribution in [0.3, 0.4) is 0 Å². The minimum atomic E-state index is -0.236. The zero-order chi connectivity index (χ0) is 16.7. The van der Waals surface area contributed by atoms with Gasteiger partial charge in [-0.15, -0.1) is 0 Å². The van der Waals surface area contributed by atoms with Crippen molar-refractivity contribution >= 4 is 17.5 Å². The summed E-state index contributed by atoms with van der Waals surface area (Å²) in [5.41, 5.74) is 1.62. The van der Waals surface area contributed by atoms with Gasteiger partial charge in [0.05, 0.1) is 0 Å². The summed E-state index contributed by atoms with van der Waals surface area (Å²) in [5.74, 6) is -0.305. The van der Waals surface area contributed by atoms with Gasteiger partial charge in [0.25, 0.3) is 5.91 Å². The third kappa shape index (κ3) is 5.34. The highest BCUT2D eigenvalue weighted by Crippen LogP contribution is 2.19. The van der Waals surface area contributed by atoms with Crippen molar-refractivity contribution in [2.45, 2.75) is 19.4 Å². The normalized spacial score (nSPS) is 12.0. The molecule has 0 aromatic heterocycles. The Bertz CT molecular complexity index is 663. The number of halogens is 2. The molecule has 3 N–H and O–H groups in total. The van der Waals surface area contributed by atoms with Crippen molar-refractivity contribution in [2.75, 3.05) is 13.1 Å². The standard InChI is InChI=1S/C18H20ClFN2O/c1-13(15-7-3-4-8-16(15)19)22-12-18(23)21-11-10-14-6-2-5-9-17(14)20/h2-9,13,22H,10-12H2,1H3,(H,21,23)/p+1/t13-/m1/s1. The summed E-state index contributed by atoms with van der Waals surface area (Å²) in [4.78, 5) is 11.9. The van der Waals surface area contributed by atoms with Crippen LogP contribution in [0.15, 0.2) is 48.5 Å². The molecule has 0 saturated heterocycles. The van der Waals surface area contributed by atoms with Gasteiger partial charge in [0, 0.05) is 17.1 Å². The number of quaternary nitrogens is 1. The minimum absolute atomic E-state index is 0.0692. The SMILES string of the molecule is C[C@@H]([NH2+]CC(=O)NCCc1ccccc1F)c1ccccc1Cl. The van der Waals surface area contributed by atoms with Gasteiger partial charge >= 0.3 is 0 Å². The molecular formula is C18H21ClFN2O+. The van der Waals surface area contributed by atoms with Crippen molar-refractivity contribution in [3.05, 3.63) is 70.5 Å². The fourth-order valence-corrected chi connectivity index (χ4v) is 2.67. The van der Waals surface area contributed by atoms with Gasteiger partial charge in [-0.25, -0.2) is 4.39 Å². The van der Waals surface area contributed by atoms with Gasteiger partial charge in [-0.05, 0) is 31.0 Å². The maximum atomic E-state index is 13.5. The molecule has 0 aliphatic heterocycles. The Kier molecular flexibility index (Phi) is 6.56. The predicted octanol–water partition coefficient (Wildman–Crippen LogP) is 2.46. The van der Waals surface area contributed by atoms with E-state index in [4.69, 9.17) is 11.6 Å². The number of amides is 1. The number of carbonyl (C=O) groups is 1. The maximum absolute atomic E-state index is 13.5. The number of hydrogen-bond acceptors (Lipinski definition) is 1. The molecule has 2 rings (SSSR count). The van der Waals surface area contributed by atoms with Gasteiger partial charge in [-0.3, -0.25) is 4.79 Å². The Morgan fingerprint density at radius 3 is 2.65 bits per heavy atom. The molecule has 0 radical (unpaired) electrons. The quantitative estimate of drug-likeness (QED) is 0.802. The summed E-state index contributed by atoms with van der Waals surface area (Å²) in [6.07, 6.45) is 0.485. The van der Waals surface area contributed by atoms with Crippen molar-refractivity contribution in [1.29, 1.82) is 0 Å². The van der Waals surface area contributed by atoms with Gasteiger partial charge in [0.15, 0.2) is 6.54 Å². The zero-order valence-electron chi connectivity index (χ0n) is 13.1. The van der Waals surface area contributed by atoms with E-state index in [0.29, 0.717) is 30.1 Å². The molecule has 0 aliphatic carbocycles. The summed E-state index contributed by atoms with van der Waals surface area (Å²) in [7, 11) is 0. The van der Waals surface area contributed by atoms with Gasteiger partial charge < -0.3 is 10.6 Å². The van der Waals surface area contributed by atoms with Crippen LogP contribution < -0.4 is 10.6 Å². The van der Waals surface area contributed by atoms with Crippen LogP contribution in [0.25, 0.3) is 0 Å². The molecule has 0 bridgehead atoms. The van der Waals surface area contributed by atoms with E-state index in [2.05, 4.69) is 5.32 Å². The van der Waals surface area contributed by atoms with E-state index in [1.807, 2.05) is 36.5 Å². The first-order valence-corrected chi connectivity index (χ1v) is 8.03. The molecule has 2 aromatic rings. The monoisotopic (exact) mass is 335 g/mol. The Morgan fingerprint density at radius 1 is 1.22 bits per heavy atom. The van der Waals surface area contributed by atoms with Crippen LogP contribution in [0, 0.1) is 5.82 Å². The van der Waals surface area contributed by atoms with Crippen LogP contribution in [-0.4, -0.2) is 19.0 Å². The molecule has 0 aliphatic rings. The molecule has 122 valence electrons. The highest BCUT2D eigenvalue weighted by molar-refractivity contribution is 6.31. The Morgan fingerprint density at radius 2 is 1.91 bits per heavy atom. The van der Waals surface area contributed by atoms with Gasteiger partial charge in [-0.2, -0.15) is 0 Å². The lowest BCUT2D eigenvalue weighted by atomic mass is 10.1. The van der Waals surface area contributed by atoms with E-state index in [1.165, 1.54) is 6.07 Å². The number of nitrogens with one attached hydrogen (secondary N) is 1. The van der Waals surface area contributed by atoms with Gasteiger partial charge in [-0.1, -0.05) is 48.0 Å². The molecule has 5 heteroatoms. The fourth-order valence-electron chi connectivity index (χ4n) is 2.37. The van der Waals surface area contributed by atoms with E-state index in [-0.39, 0.29) is 17.8 Å². The number of hydrogen-bond donors (Lipinski definition) is 2. The van der Waals surface area contributed by atoms with Crippen LogP contribution in [0.5, 0.6) is 0 Å². The van der Waals surface area contributed by atoms with Crippen molar-refractivity contribution < 1.29 is 14.5 Å². The van der Waals surface area contributed by atoms with Crippen LogP contribution >= 0.6 is 11.6 Å². The third-order valence-electron chi connectivity index (χ3n) is 3.73. The number of rotatable bonds is 7. The van der Waals surface area contributed by atoms with E-state index >= 15 is 0 Å². The summed E-state index contributed by atoms with van der Waals surface area (Å²) >= 11 is 6.14. The number of nitrogens with two attached hydrogens (primary N) is 1. The second kappa shape index (κ2) is 8.65. The molecule has 0 fully saturated rings. The van der Waals surface area contributed by atoms with Crippen LogP contribution in [0.2, 0.25) is 5.02 Å². The first-order valence-electron chi connectivity index (χ1n) is 7.66. The molecule has 2 aromatic carbocycles. The summed E-state index contributed by atoms with van der Waals surface area (Å²) in [6, 6.07) is 14.3. The highest BCUT2D eigenvalue weighted by Gasteiger charge is 2.13. The van der Waals surface area contributed by atoms with Gasteiger partial charge in [0.1, 0.15) is 11.9 Å². The average molecular weight is 336 g/mol. The Balaban J connectivity index is 1.73. The molecule has 3 nitrogen and oxygen atoms in total. The molecule has 0 spiro atoms. The maximum Gasteiger partial charge on any atom is 0.275 e. The number of benzene rings is 2. The van der Waals surface area contributed by atoms with E-state index in [9.17, 15) is 9.18 Å². The van der Waals surface area contributed by atoms with Gasteiger partial charge in [0.2, 0.25) is 0 Å². The molecular weight excluding hydrogens is 315 g/mol. The summed E-state index contributed by atoms with van der Waals surface area (Å²) in [5, 5.41) is 5.44. The second-order valence-corrected chi connectivity index (χ2v) is 5.85. The number of carbonyl (C=O) groups excluding carboxylic acids is 1. The largest absolute Gasteiger partial charge is 0.351 e. The fraction of sp³-hybridized carbons (Fsp3) is 0.278.